The maximum Gasteiger partial charge on any atom is 0.307 e. The fourth-order valence-electron chi connectivity index (χ4n) is 3.33. The van der Waals surface area contributed by atoms with Crippen LogP contribution in [0.3, 0.4) is 0 Å². The summed E-state index contributed by atoms with van der Waals surface area (Å²) in [7, 11) is 0.555. The van der Waals surface area contributed by atoms with Gasteiger partial charge in [0.1, 0.15) is 0 Å². The molecule has 0 unspecified atom stereocenters. The lowest BCUT2D eigenvalue weighted by atomic mass is 10.1. The van der Waals surface area contributed by atoms with Gasteiger partial charge in [0.05, 0.1) is 6.42 Å². The molecule has 3 aliphatic heterocycles. The average molecular weight is 415 g/mol. The Morgan fingerprint density at radius 3 is 2.14 bits per heavy atom. The standard InChI is InChI=1S/C10H8O2S.C6H12NP.C6H7N/c11-9(12)6-8-3-1-2-7-4-5-13-10(7)8;1-4-8-5-2-7(1)3-6-8;7-6-4-2-1-3-5-6/h1-5H,6H2,(H,11,12);1-6H2;1-5H,7H2. The zero-order valence-corrected chi connectivity index (χ0v) is 17.7. The third-order valence-electron chi connectivity index (χ3n) is 4.90. The van der Waals surface area contributed by atoms with Crippen molar-refractivity contribution < 1.29 is 9.90 Å². The van der Waals surface area contributed by atoms with Crippen LogP contribution in [0.4, 0.5) is 5.69 Å². The Balaban J connectivity index is 0.000000129. The maximum atomic E-state index is 10.5. The number of anilines is 1. The molecule has 28 heavy (non-hydrogen) atoms. The van der Waals surface area contributed by atoms with Crippen LogP contribution >= 0.6 is 19.3 Å². The van der Waals surface area contributed by atoms with Crippen LogP contribution in [0.5, 0.6) is 0 Å². The number of hydrogen-bond acceptors (Lipinski definition) is 4. The summed E-state index contributed by atoms with van der Waals surface area (Å²) in [6.07, 6.45) is 4.76. The Labute approximate surface area is 171 Å². The van der Waals surface area contributed by atoms with Crippen LogP contribution in [-0.2, 0) is 11.2 Å². The second kappa shape index (κ2) is 10.6. The largest absolute Gasteiger partial charge is 0.481 e. The maximum absolute atomic E-state index is 10.5. The number of nitrogens with zero attached hydrogens (tertiary/aromatic N) is 1. The Hall–Kier alpha value is -1.94. The predicted molar refractivity (Wildman–Crippen MR) is 122 cm³/mol. The Kier molecular flexibility index (Phi) is 7.84. The molecule has 4 nitrogen and oxygen atoms in total. The van der Waals surface area contributed by atoms with E-state index in [2.05, 4.69) is 4.90 Å². The van der Waals surface area contributed by atoms with Crippen molar-refractivity contribution in [3.8, 4) is 0 Å². The van der Waals surface area contributed by atoms with Crippen molar-refractivity contribution in [3.63, 3.8) is 0 Å². The molecule has 3 saturated heterocycles. The second-order valence-corrected chi connectivity index (χ2v) is 10.5. The van der Waals surface area contributed by atoms with Gasteiger partial charge in [0.25, 0.3) is 0 Å². The molecular formula is C22H27N2O2PS. The lowest BCUT2D eigenvalue weighted by Gasteiger charge is -2.39. The number of aliphatic carboxylic acids is 1. The molecule has 3 aliphatic rings. The van der Waals surface area contributed by atoms with Crippen molar-refractivity contribution in [2.75, 3.05) is 43.9 Å². The third kappa shape index (κ3) is 6.30. The van der Waals surface area contributed by atoms with Crippen molar-refractivity contribution in [2.24, 2.45) is 0 Å². The van der Waals surface area contributed by atoms with Gasteiger partial charge < -0.3 is 15.7 Å². The first-order valence-corrected chi connectivity index (χ1v) is 12.3. The van der Waals surface area contributed by atoms with E-state index in [4.69, 9.17) is 10.8 Å². The van der Waals surface area contributed by atoms with E-state index in [0.717, 1.165) is 21.3 Å². The quantitative estimate of drug-likeness (QED) is 0.475. The van der Waals surface area contributed by atoms with E-state index in [9.17, 15) is 4.79 Å². The van der Waals surface area contributed by atoms with E-state index < -0.39 is 5.97 Å². The molecule has 2 aromatic carbocycles. The van der Waals surface area contributed by atoms with Crippen molar-refractivity contribution in [1.29, 1.82) is 0 Å². The number of hydrogen-bond donors (Lipinski definition) is 2. The summed E-state index contributed by atoms with van der Waals surface area (Å²) >= 11 is 1.59. The zero-order valence-electron chi connectivity index (χ0n) is 16.0. The molecule has 0 aliphatic carbocycles. The molecule has 3 aromatic rings. The number of nitrogens with two attached hydrogens (primary N) is 1. The van der Waals surface area contributed by atoms with Crippen LogP contribution in [0, 0.1) is 0 Å². The fraction of sp³-hybridized carbons (Fsp3) is 0.318. The second-order valence-electron chi connectivity index (χ2n) is 6.92. The molecule has 4 heterocycles. The van der Waals surface area contributed by atoms with Gasteiger partial charge in [-0.1, -0.05) is 36.4 Å². The summed E-state index contributed by atoms with van der Waals surface area (Å²) in [5, 5.41) is 11.8. The van der Waals surface area contributed by atoms with Gasteiger partial charge in [-0.15, -0.1) is 19.3 Å². The van der Waals surface area contributed by atoms with Crippen molar-refractivity contribution in [2.45, 2.75) is 6.42 Å². The van der Waals surface area contributed by atoms with Gasteiger partial charge in [-0.3, -0.25) is 4.79 Å². The molecule has 148 valence electrons. The van der Waals surface area contributed by atoms with Crippen molar-refractivity contribution in [1.82, 2.24) is 4.90 Å². The Morgan fingerprint density at radius 1 is 1.00 bits per heavy atom. The van der Waals surface area contributed by atoms with Gasteiger partial charge in [-0.25, -0.2) is 0 Å². The van der Waals surface area contributed by atoms with Crippen molar-refractivity contribution in [3.05, 3.63) is 65.5 Å². The van der Waals surface area contributed by atoms with Crippen molar-refractivity contribution >= 4 is 41.0 Å². The molecule has 2 bridgehead atoms. The molecule has 0 saturated carbocycles. The first-order chi connectivity index (χ1) is 13.6. The van der Waals surface area contributed by atoms with Gasteiger partial charge in [-0.2, -0.15) is 0 Å². The molecule has 1 aromatic heterocycles. The summed E-state index contributed by atoms with van der Waals surface area (Å²) < 4.78 is 1.09. The van der Waals surface area contributed by atoms with E-state index >= 15 is 0 Å². The molecule has 0 amide bonds. The van der Waals surface area contributed by atoms with E-state index in [1.165, 1.54) is 19.6 Å². The number of para-hydroxylation sites is 1. The predicted octanol–water partition coefficient (Wildman–Crippen LogP) is 4.59. The van der Waals surface area contributed by atoms with Crippen LogP contribution in [0.15, 0.2) is 60.0 Å². The SMILES string of the molecule is C1CP2CCN1CC2.Nc1ccccc1.O=C(O)Cc1cccc2ccsc12. The van der Waals surface area contributed by atoms with E-state index in [0.29, 0.717) is 7.92 Å². The molecular weight excluding hydrogens is 387 g/mol. The molecule has 0 spiro atoms. The number of carboxylic acids is 1. The smallest absolute Gasteiger partial charge is 0.307 e. The summed E-state index contributed by atoms with van der Waals surface area (Å²) in [6, 6.07) is 17.3. The molecule has 3 N–H and O–H groups in total. The first-order valence-electron chi connectivity index (χ1n) is 9.54. The summed E-state index contributed by atoms with van der Waals surface area (Å²) in [6.45, 7) is 4.27. The van der Waals surface area contributed by atoms with E-state index in [1.54, 1.807) is 29.8 Å². The van der Waals surface area contributed by atoms with Gasteiger partial charge in [-0.05, 0) is 53.0 Å². The summed E-state index contributed by atoms with van der Waals surface area (Å²) in [5.41, 5.74) is 7.08. The Bertz CT molecular complexity index is 853. The molecule has 3 fully saturated rings. The number of nitrogen functional groups attached to an aromatic ring is 1. The fourth-order valence-corrected chi connectivity index (χ4v) is 6.61. The highest BCUT2D eigenvalue weighted by Gasteiger charge is 2.23. The average Bonchev–Trinajstić information content (AvgIpc) is 3.21. The van der Waals surface area contributed by atoms with Gasteiger partial charge >= 0.3 is 5.97 Å². The molecule has 0 atom stereocenters. The van der Waals surface area contributed by atoms with E-state index in [-0.39, 0.29) is 6.42 Å². The summed E-state index contributed by atoms with van der Waals surface area (Å²) in [5.74, 6) is -0.777. The number of benzene rings is 2. The van der Waals surface area contributed by atoms with Crippen LogP contribution in [-0.4, -0.2) is 54.1 Å². The number of carbonyl (C=O) groups is 1. The van der Waals surface area contributed by atoms with Crippen LogP contribution in [0.1, 0.15) is 5.56 Å². The number of fused-ring (bicyclic) bond motifs is 4. The minimum absolute atomic E-state index is 0.109. The Morgan fingerprint density at radius 2 is 1.68 bits per heavy atom. The molecule has 6 heteroatoms. The highest BCUT2D eigenvalue weighted by molar-refractivity contribution is 7.57. The van der Waals surface area contributed by atoms with Crippen LogP contribution < -0.4 is 5.73 Å². The first kappa shape index (κ1) is 20.8. The monoisotopic (exact) mass is 414 g/mol. The number of rotatable bonds is 2. The minimum atomic E-state index is -0.777. The van der Waals surface area contributed by atoms with Gasteiger partial charge in [0.15, 0.2) is 0 Å². The summed E-state index contributed by atoms with van der Waals surface area (Å²) in [4.78, 5) is 13.1. The third-order valence-corrected chi connectivity index (χ3v) is 8.40. The lowest BCUT2D eigenvalue weighted by molar-refractivity contribution is -0.136. The van der Waals surface area contributed by atoms with Crippen LogP contribution in [0.25, 0.3) is 10.1 Å². The number of thiophene rings is 1. The molecule has 6 rings (SSSR count). The topological polar surface area (TPSA) is 66.6 Å². The minimum Gasteiger partial charge on any atom is -0.481 e. The molecule has 0 radical (unpaired) electrons. The van der Waals surface area contributed by atoms with Gasteiger partial charge in [0, 0.05) is 30.0 Å². The lowest BCUT2D eigenvalue weighted by Crippen LogP contribution is -2.41. The van der Waals surface area contributed by atoms with Gasteiger partial charge in [0.2, 0.25) is 0 Å². The highest BCUT2D eigenvalue weighted by Crippen LogP contribution is 2.41. The normalized spacial score (nSPS) is 19.9. The highest BCUT2D eigenvalue weighted by atomic mass is 32.1. The number of carboxylic acid groups (broad SMARTS) is 1. The van der Waals surface area contributed by atoms with E-state index in [1.807, 2.05) is 60.0 Å². The zero-order chi connectivity index (χ0) is 19.8. The van der Waals surface area contributed by atoms with Crippen LogP contribution in [0.2, 0.25) is 0 Å².